The Morgan fingerprint density at radius 3 is 0.397 bits per heavy atom. The van der Waals surface area contributed by atoms with Crippen molar-refractivity contribution in [1.82, 2.24) is 0 Å². The molecular formula is C48H109Na5O16S4. The predicted octanol–water partition coefficient (Wildman–Crippen LogP) is 11.7. The van der Waals surface area contributed by atoms with Crippen LogP contribution in [0.15, 0.2) is 0 Å². The summed E-state index contributed by atoms with van der Waals surface area (Å²) in [6.45, 7) is 9.24. The van der Waals surface area contributed by atoms with Crippen molar-refractivity contribution >= 4 is 189 Å². The number of unbranched alkanes of at least 4 members (excludes halogenated alkanes) is 36. The van der Waals surface area contributed by atoms with Crippen molar-refractivity contribution in [2.45, 2.75) is 285 Å². The monoisotopic (exact) mass is 1180 g/mol. The third-order valence-electron chi connectivity index (χ3n) is 10.9. The van der Waals surface area contributed by atoms with E-state index in [9.17, 15) is 33.7 Å². The van der Waals surface area contributed by atoms with Crippen LogP contribution in [0.1, 0.15) is 285 Å². The van der Waals surface area contributed by atoms with Gasteiger partial charge in [0.2, 0.25) is 0 Å². The molecule has 0 aliphatic heterocycles. The summed E-state index contributed by atoms with van der Waals surface area (Å²) in [5.41, 5.74) is 0. The van der Waals surface area contributed by atoms with Gasteiger partial charge in [0.05, 0.1) is 26.4 Å². The zero-order valence-corrected chi connectivity index (χ0v) is 46.7. The van der Waals surface area contributed by atoms with Gasteiger partial charge in [0.15, 0.2) is 0 Å². The maximum atomic E-state index is 10.2. The maximum absolute atomic E-state index is 10.2. The summed E-state index contributed by atoms with van der Waals surface area (Å²) in [6, 6.07) is 0. The van der Waals surface area contributed by atoms with Gasteiger partial charge >= 0.3 is 189 Å². The third-order valence-corrected chi connectivity index (χ3v) is 12.8. The van der Waals surface area contributed by atoms with E-state index in [0.717, 1.165) is 51.4 Å². The molecule has 4 N–H and O–H groups in total. The summed E-state index contributed by atoms with van der Waals surface area (Å²) in [5, 5.41) is 0. The van der Waals surface area contributed by atoms with Crippen molar-refractivity contribution in [2.75, 3.05) is 26.4 Å². The van der Waals surface area contributed by atoms with E-state index in [0.29, 0.717) is 25.7 Å². The molecule has 0 saturated heterocycles. The first-order chi connectivity index (χ1) is 32.2. The van der Waals surface area contributed by atoms with Crippen LogP contribution in [0.4, 0.5) is 0 Å². The Morgan fingerprint density at radius 2 is 0.301 bits per heavy atom. The summed E-state index contributed by atoms with van der Waals surface area (Å²) in [4.78, 5) is 0. The fourth-order valence-electron chi connectivity index (χ4n) is 7.01. The second-order valence-corrected chi connectivity index (χ2v) is 22.1. The predicted molar refractivity (Wildman–Crippen MR) is 313 cm³/mol. The van der Waals surface area contributed by atoms with Crippen LogP contribution in [0.2, 0.25) is 0 Å². The van der Waals surface area contributed by atoms with E-state index < -0.39 is 41.6 Å². The summed E-state index contributed by atoms with van der Waals surface area (Å²) in [6.07, 6.45) is 47.4. The number of hydrogen-bond acceptors (Lipinski definition) is 12. The van der Waals surface area contributed by atoms with Gasteiger partial charge in [-0.15, -0.1) is 0 Å². The summed E-state index contributed by atoms with van der Waals surface area (Å²) in [5.74, 6) is 0. The van der Waals surface area contributed by atoms with Crippen molar-refractivity contribution in [3.05, 3.63) is 0 Å². The Labute approximate surface area is 561 Å². The van der Waals surface area contributed by atoms with E-state index in [1.54, 1.807) is 0 Å². The minimum absolute atomic E-state index is 0. The molecule has 73 heavy (non-hydrogen) atoms. The molecule has 0 aliphatic carbocycles. The minimum atomic E-state index is -4.23. The van der Waals surface area contributed by atoms with E-state index in [-0.39, 0.29) is 174 Å². The zero-order valence-electron chi connectivity index (χ0n) is 43.4. The Bertz CT molecular complexity index is 1240. The van der Waals surface area contributed by atoms with Crippen LogP contribution in [0.25, 0.3) is 0 Å². The summed E-state index contributed by atoms with van der Waals surface area (Å²) < 4.78 is 132. The van der Waals surface area contributed by atoms with Gasteiger partial charge in [-0.05, 0) is 25.7 Å². The number of rotatable bonds is 48. The zero-order chi connectivity index (χ0) is 51.9. The van der Waals surface area contributed by atoms with E-state index in [1.165, 1.54) is 180 Å². The average Bonchev–Trinajstić information content (AvgIpc) is 3.25. The van der Waals surface area contributed by atoms with Crippen LogP contribution in [-0.2, 0) is 58.3 Å². The quantitative estimate of drug-likeness (QED) is 0.0251. The molecule has 0 amide bonds. The van der Waals surface area contributed by atoms with Gasteiger partial charge in [-0.3, -0.25) is 18.2 Å². The first-order valence-electron chi connectivity index (χ1n) is 26.7. The Kier molecular flexibility index (Phi) is 98.6. The van der Waals surface area contributed by atoms with Crippen LogP contribution < -0.4 is 0 Å². The summed E-state index contributed by atoms with van der Waals surface area (Å²) >= 11 is 0. The Balaban J connectivity index is -0.000000104. The van der Waals surface area contributed by atoms with Gasteiger partial charge in [-0.2, -0.15) is 33.7 Å². The normalized spacial score (nSPS) is 11.1. The van der Waals surface area contributed by atoms with E-state index in [2.05, 4.69) is 44.4 Å². The first-order valence-corrected chi connectivity index (χ1v) is 32.2. The topological polar surface area (TPSA) is 254 Å². The van der Waals surface area contributed by atoms with Crippen molar-refractivity contribution in [3.63, 3.8) is 0 Å². The molecule has 0 bridgehead atoms. The SMILES string of the molecule is CCCCCCCCCCCCOS(=O)(=O)O.CCCCCCCCCCCCOS(=O)(=O)O.CCCCCCCCCCCCOS(=O)(=O)O.CCCCCCCCCCCCOS(=O)(=O)O.[NaH].[NaH].[NaH].[NaH].[NaH]. The molecule has 0 aromatic carbocycles. The fourth-order valence-corrected chi connectivity index (χ4v) is 8.33. The Hall–Kier alpha value is 4.48. The van der Waals surface area contributed by atoms with E-state index in [4.69, 9.17) is 18.2 Å². The van der Waals surface area contributed by atoms with Gasteiger partial charge in [0.25, 0.3) is 0 Å². The second kappa shape index (κ2) is 74.5. The molecule has 0 atom stereocenters. The van der Waals surface area contributed by atoms with Crippen LogP contribution in [0.3, 0.4) is 0 Å². The van der Waals surface area contributed by atoms with E-state index >= 15 is 0 Å². The molecule has 0 saturated carbocycles. The van der Waals surface area contributed by atoms with Gasteiger partial charge in [-0.1, -0.05) is 259 Å². The van der Waals surface area contributed by atoms with Gasteiger partial charge < -0.3 is 0 Å². The van der Waals surface area contributed by atoms with Gasteiger partial charge in [0.1, 0.15) is 0 Å². The van der Waals surface area contributed by atoms with Crippen molar-refractivity contribution in [2.24, 2.45) is 0 Å². The molecule has 0 heterocycles. The number of hydrogen-bond donors (Lipinski definition) is 4. The van der Waals surface area contributed by atoms with Crippen LogP contribution in [0.5, 0.6) is 0 Å². The molecule has 0 fully saturated rings. The van der Waals surface area contributed by atoms with Gasteiger partial charge in [0, 0.05) is 0 Å². The van der Waals surface area contributed by atoms with Crippen molar-refractivity contribution in [1.29, 1.82) is 0 Å². The molecule has 0 aromatic heterocycles. The molecule has 426 valence electrons. The molecule has 0 aromatic rings. The van der Waals surface area contributed by atoms with Crippen molar-refractivity contribution in [3.8, 4) is 0 Å². The molecule has 25 heteroatoms. The molecule has 0 unspecified atom stereocenters. The second-order valence-electron chi connectivity index (χ2n) is 17.7. The molecule has 0 spiro atoms. The van der Waals surface area contributed by atoms with Crippen molar-refractivity contribution < 1.29 is 68.6 Å². The van der Waals surface area contributed by atoms with Crippen LogP contribution >= 0.6 is 0 Å². The third kappa shape index (κ3) is 116. The fraction of sp³-hybridized carbons (Fsp3) is 1.00. The molecule has 16 nitrogen and oxygen atoms in total. The average molecular weight is 1190 g/mol. The van der Waals surface area contributed by atoms with Crippen LogP contribution in [0, 0.1) is 0 Å². The standard InChI is InChI=1S/4C12H26O4S.5Na.5H/c4*1-2-3-4-5-6-7-8-9-10-11-12-16-17(13,14)15;;;;;;;;;;/h4*2-12H2,1H3,(H,13,14,15);;;;;;;;;;. The van der Waals surface area contributed by atoms with E-state index in [1.807, 2.05) is 0 Å². The first kappa shape index (κ1) is 96.6. The molecule has 0 rings (SSSR count). The molecule has 0 aliphatic rings. The summed E-state index contributed by atoms with van der Waals surface area (Å²) in [7, 11) is -16.9. The molecular weight excluding hydrogens is 1080 g/mol. The van der Waals surface area contributed by atoms with Crippen LogP contribution in [-0.4, -0.2) is 226 Å². The van der Waals surface area contributed by atoms with Gasteiger partial charge in [-0.25, -0.2) is 16.7 Å². The Morgan fingerprint density at radius 1 is 0.205 bits per heavy atom. The molecule has 0 radical (unpaired) electrons.